The van der Waals surface area contributed by atoms with Gasteiger partial charge in [-0.25, -0.2) is 17.6 Å². The van der Waals surface area contributed by atoms with Crippen molar-refractivity contribution in [3.05, 3.63) is 0 Å². The molecule has 92 valence electrons. The van der Waals surface area contributed by atoms with Crippen molar-refractivity contribution < 1.29 is 35.5 Å². The van der Waals surface area contributed by atoms with Gasteiger partial charge in [-0.3, -0.25) is 0 Å². The molecule has 0 rings (SSSR count). The zero-order valence-corrected chi connectivity index (χ0v) is 7.62. The van der Waals surface area contributed by atoms with Crippen molar-refractivity contribution in [2.24, 2.45) is 0 Å². The molecule has 0 heterocycles. The van der Waals surface area contributed by atoms with Gasteiger partial charge in [0.2, 0.25) is 6.17 Å². The van der Waals surface area contributed by atoms with Crippen LogP contribution in [0.15, 0.2) is 0 Å². The number of alkyl halides is 7. The number of ether oxygens (including phenoxy) is 1. The molecule has 0 fully saturated rings. The Morgan fingerprint density at radius 2 is 1.60 bits per heavy atom. The molecule has 8 heteroatoms. The van der Waals surface area contributed by atoms with Gasteiger partial charge in [0, 0.05) is 6.61 Å². The molecule has 0 aliphatic rings. The van der Waals surface area contributed by atoms with Crippen molar-refractivity contribution in [2.45, 2.75) is 31.3 Å². The summed E-state index contributed by atoms with van der Waals surface area (Å²) in [4.78, 5) is 0. The first kappa shape index (κ1) is 14.5. The lowest BCUT2D eigenvalue weighted by Crippen LogP contribution is -2.50. The minimum absolute atomic E-state index is 0.573. The number of hydrogen-bond donors (Lipinski definition) is 0. The van der Waals surface area contributed by atoms with Crippen LogP contribution in [0.5, 0.6) is 0 Å². The quantitative estimate of drug-likeness (QED) is 0.673. The van der Waals surface area contributed by atoms with E-state index in [0.717, 1.165) is 6.92 Å². The first-order valence-electron chi connectivity index (χ1n) is 3.93. The Kier molecular flexibility index (Phi) is 4.82. The molecule has 0 radical (unpaired) electrons. The van der Waals surface area contributed by atoms with Gasteiger partial charge in [-0.05, 0) is 6.92 Å². The van der Waals surface area contributed by atoms with Gasteiger partial charge in [-0.2, -0.15) is 13.2 Å². The topological polar surface area (TPSA) is 9.23 Å². The van der Waals surface area contributed by atoms with Gasteiger partial charge in [-0.15, -0.1) is 0 Å². The van der Waals surface area contributed by atoms with E-state index in [9.17, 15) is 30.7 Å². The molecular formula is C7H9F7O. The van der Waals surface area contributed by atoms with E-state index in [-0.39, 0.29) is 0 Å². The summed E-state index contributed by atoms with van der Waals surface area (Å²) in [6.45, 7) is -1.88. The Labute approximate surface area is 81.2 Å². The van der Waals surface area contributed by atoms with Gasteiger partial charge in [-0.1, -0.05) is 0 Å². The second-order valence-electron chi connectivity index (χ2n) is 2.71. The summed E-state index contributed by atoms with van der Waals surface area (Å²) in [6, 6.07) is 0. The van der Waals surface area contributed by atoms with Crippen molar-refractivity contribution in [1.29, 1.82) is 0 Å². The van der Waals surface area contributed by atoms with Crippen molar-refractivity contribution >= 4 is 0 Å². The van der Waals surface area contributed by atoms with Crippen molar-refractivity contribution in [1.82, 2.24) is 0 Å². The molecule has 0 aliphatic heterocycles. The van der Waals surface area contributed by atoms with Crippen LogP contribution in [-0.4, -0.2) is 37.7 Å². The molecule has 0 amide bonds. The Morgan fingerprint density at radius 3 is 1.87 bits per heavy atom. The summed E-state index contributed by atoms with van der Waals surface area (Å²) in [5.74, 6) is -4.50. The maximum absolute atomic E-state index is 12.5. The van der Waals surface area contributed by atoms with E-state index >= 15 is 0 Å². The average molecular weight is 242 g/mol. The normalized spacial score (nSPS) is 17.6. The fraction of sp³-hybridized carbons (Fsp3) is 1.00. The molecule has 0 aromatic carbocycles. The van der Waals surface area contributed by atoms with E-state index in [1.807, 2.05) is 0 Å². The van der Waals surface area contributed by atoms with Crippen LogP contribution < -0.4 is 0 Å². The summed E-state index contributed by atoms with van der Waals surface area (Å²) in [5.41, 5.74) is 0. The van der Waals surface area contributed by atoms with Crippen LogP contribution in [0.1, 0.15) is 6.92 Å². The predicted octanol–water partition coefficient (Wildman–Crippen LogP) is 2.90. The first-order valence-corrected chi connectivity index (χ1v) is 3.93. The monoisotopic (exact) mass is 242 g/mol. The van der Waals surface area contributed by atoms with Gasteiger partial charge >= 0.3 is 12.1 Å². The summed E-state index contributed by atoms with van der Waals surface area (Å²) in [7, 11) is 0. The van der Waals surface area contributed by atoms with Crippen LogP contribution >= 0.6 is 0 Å². The molecule has 0 aliphatic carbocycles. The Balaban J connectivity index is 4.81. The van der Waals surface area contributed by atoms with Crippen LogP contribution in [-0.2, 0) is 4.74 Å². The third kappa shape index (κ3) is 3.84. The highest BCUT2D eigenvalue weighted by atomic mass is 19.4. The fourth-order valence-electron chi connectivity index (χ4n) is 0.848. The van der Waals surface area contributed by atoms with E-state index in [2.05, 4.69) is 4.74 Å². The van der Waals surface area contributed by atoms with Gasteiger partial charge in [0.25, 0.3) is 0 Å². The lowest BCUT2D eigenvalue weighted by molar-refractivity contribution is -0.254. The summed E-state index contributed by atoms with van der Waals surface area (Å²) in [5, 5.41) is 0. The molecule has 0 saturated carbocycles. The molecule has 0 N–H and O–H groups in total. The highest BCUT2D eigenvalue weighted by molar-refractivity contribution is 4.88. The molecule has 2 unspecified atom stereocenters. The molecule has 2 atom stereocenters. The van der Waals surface area contributed by atoms with E-state index in [1.165, 1.54) is 0 Å². The lowest BCUT2D eigenvalue weighted by Gasteiger charge is -2.28. The molecule has 15 heavy (non-hydrogen) atoms. The van der Waals surface area contributed by atoms with E-state index in [4.69, 9.17) is 0 Å². The van der Waals surface area contributed by atoms with Crippen LogP contribution in [0.25, 0.3) is 0 Å². The second-order valence-corrected chi connectivity index (χ2v) is 2.71. The molecule has 0 saturated heterocycles. The molecule has 0 bridgehead atoms. The molecular weight excluding hydrogens is 233 g/mol. The minimum Gasteiger partial charge on any atom is -0.369 e. The van der Waals surface area contributed by atoms with Gasteiger partial charge in [0.15, 0.2) is 12.8 Å². The van der Waals surface area contributed by atoms with Gasteiger partial charge in [0.1, 0.15) is 0 Å². The third-order valence-electron chi connectivity index (χ3n) is 1.52. The highest BCUT2D eigenvalue weighted by Gasteiger charge is 2.56. The second kappa shape index (κ2) is 5.00. The van der Waals surface area contributed by atoms with Gasteiger partial charge < -0.3 is 4.74 Å². The summed E-state index contributed by atoms with van der Waals surface area (Å²) in [6.07, 6.45) is -12.6. The SMILES string of the molecule is CCOC(C(F)C(F)(F)F)C(F)(F)CF. The Bertz CT molecular complexity index is 190. The van der Waals surface area contributed by atoms with E-state index in [0.29, 0.717) is 0 Å². The molecule has 0 aromatic rings. The Morgan fingerprint density at radius 1 is 1.13 bits per heavy atom. The number of halogens is 7. The van der Waals surface area contributed by atoms with Crippen LogP contribution in [0.2, 0.25) is 0 Å². The Hall–Kier alpha value is -0.530. The maximum Gasteiger partial charge on any atom is 0.422 e. The third-order valence-corrected chi connectivity index (χ3v) is 1.52. The number of hydrogen-bond acceptors (Lipinski definition) is 1. The maximum atomic E-state index is 12.5. The molecule has 0 aromatic heterocycles. The minimum atomic E-state index is -5.50. The van der Waals surface area contributed by atoms with Crippen molar-refractivity contribution in [3.8, 4) is 0 Å². The summed E-state index contributed by atoms with van der Waals surface area (Å²) >= 11 is 0. The highest BCUT2D eigenvalue weighted by Crippen LogP contribution is 2.34. The standard InChI is InChI=1S/C7H9F7O/c1-2-15-5(6(10,11)3-8)4(9)7(12,13)14/h4-5H,2-3H2,1H3. The van der Waals surface area contributed by atoms with E-state index in [1.54, 1.807) is 0 Å². The predicted molar refractivity (Wildman–Crippen MR) is 37.3 cm³/mol. The molecule has 1 nitrogen and oxygen atoms in total. The smallest absolute Gasteiger partial charge is 0.369 e. The van der Waals surface area contributed by atoms with Crippen LogP contribution in [0, 0.1) is 0 Å². The van der Waals surface area contributed by atoms with Crippen LogP contribution in [0.4, 0.5) is 30.7 Å². The zero-order valence-electron chi connectivity index (χ0n) is 7.62. The summed E-state index contributed by atoms with van der Waals surface area (Å²) < 4.78 is 88.6. The van der Waals surface area contributed by atoms with Crippen molar-refractivity contribution in [3.63, 3.8) is 0 Å². The van der Waals surface area contributed by atoms with E-state index < -0.39 is 37.7 Å². The van der Waals surface area contributed by atoms with Crippen LogP contribution in [0.3, 0.4) is 0 Å². The average Bonchev–Trinajstić information content (AvgIpc) is 2.11. The largest absolute Gasteiger partial charge is 0.422 e. The number of rotatable bonds is 5. The lowest BCUT2D eigenvalue weighted by atomic mass is 10.1. The van der Waals surface area contributed by atoms with Gasteiger partial charge in [0.05, 0.1) is 0 Å². The van der Waals surface area contributed by atoms with Crippen molar-refractivity contribution in [2.75, 3.05) is 13.3 Å². The molecule has 0 spiro atoms. The first-order chi connectivity index (χ1) is 6.66. The zero-order chi connectivity index (χ0) is 12.3. The fourth-order valence-corrected chi connectivity index (χ4v) is 0.848.